The third-order valence-electron chi connectivity index (χ3n) is 4.64. The fourth-order valence-electron chi connectivity index (χ4n) is 3.15. The number of amidine groups is 1. The topological polar surface area (TPSA) is 91.0 Å². The monoisotopic (exact) mass is 268 g/mol. The zero-order valence-corrected chi connectivity index (χ0v) is 11.6. The van der Waals surface area contributed by atoms with Crippen LogP contribution < -0.4 is 11.1 Å². The Labute approximate surface area is 114 Å². The molecule has 1 aliphatic carbocycles. The van der Waals surface area contributed by atoms with Crippen LogP contribution >= 0.6 is 0 Å². The number of rotatable bonds is 5. The molecular weight excluding hydrogens is 244 g/mol. The van der Waals surface area contributed by atoms with Gasteiger partial charge in [0.05, 0.1) is 0 Å². The normalized spacial score (nSPS) is 27.0. The van der Waals surface area contributed by atoms with Crippen LogP contribution in [0.25, 0.3) is 0 Å². The van der Waals surface area contributed by atoms with Crippen LogP contribution in [-0.2, 0) is 4.79 Å². The molecule has 0 bridgehead atoms. The van der Waals surface area contributed by atoms with E-state index in [2.05, 4.69) is 22.3 Å². The van der Waals surface area contributed by atoms with Crippen LogP contribution in [0.5, 0.6) is 0 Å². The molecule has 1 saturated carbocycles. The largest absolute Gasteiger partial charge is 0.409 e. The Kier molecular flexibility index (Phi) is 4.29. The van der Waals surface area contributed by atoms with Crippen LogP contribution in [0, 0.1) is 5.41 Å². The lowest BCUT2D eigenvalue weighted by Gasteiger charge is -2.39. The van der Waals surface area contributed by atoms with E-state index in [1.807, 2.05) is 0 Å². The molecule has 0 aromatic carbocycles. The molecule has 1 unspecified atom stereocenters. The first-order valence-corrected chi connectivity index (χ1v) is 7.14. The van der Waals surface area contributed by atoms with Gasteiger partial charge >= 0.3 is 0 Å². The molecular formula is C13H24N4O2. The third kappa shape index (κ3) is 2.54. The lowest BCUT2D eigenvalue weighted by Crippen LogP contribution is -2.55. The molecule has 1 heterocycles. The first kappa shape index (κ1) is 14.1. The number of nitrogens with two attached hydrogens (primary N) is 1. The number of carbonyl (C=O) groups is 1. The van der Waals surface area contributed by atoms with E-state index in [1.54, 1.807) is 0 Å². The van der Waals surface area contributed by atoms with Gasteiger partial charge in [0.15, 0.2) is 5.84 Å². The predicted molar refractivity (Wildman–Crippen MR) is 73.0 cm³/mol. The summed E-state index contributed by atoms with van der Waals surface area (Å²) in [7, 11) is 0. The van der Waals surface area contributed by atoms with Gasteiger partial charge in [0, 0.05) is 12.6 Å². The van der Waals surface area contributed by atoms with Crippen molar-refractivity contribution in [2.75, 3.05) is 19.6 Å². The van der Waals surface area contributed by atoms with Gasteiger partial charge in [-0.05, 0) is 38.8 Å². The highest BCUT2D eigenvalue weighted by Crippen LogP contribution is 2.41. The van der Waals surface area contributed by atoms with Crippen molar-refractivity contribution in [2.24, 2.45) is 16.3 Å². The van der Waals surface area contributed by atoms with Crippen LogP contribution in [0.1, 0.15) is 39.0 Å². The van der Waals surface area contributed by atoms with E-state index < -0.39 is 5.41 Å². The van der Waals surface area contributed by atoms with E-state index in [-0.39, 0.29) is 11.7 Å². The Morgan fingerprint density at radius 2 is 2.26 bits per heavy atom. The molecule has 0 aromatic rings. The highest BCUT2D eigenvalue weighted by atomic mass is 16.4. The quantitative estimate of drug-likeness (QED) is 0.293. The average Bonchev–Trinajstić information content (AvgIpc) is 2.82. The molecule has 1 saturated heterocycles. The maximum Gasteiger partial charge on any atom is 0.234 e. The Morgan fingerprint density at radius 1 is 1.53 bits per heavy atom. The van der Waals surface area contributed by atoms with Crippen LogP contribution in [0.15, 0.2) is 5.16 Å². The summed E-state index contributed by atoms with van der Waals surface area (Å²) >= 11 is 0. The predicted octanol–water partition coefficient (Wildman–Crippen LogP) is 0.504. The van der Waals surface area contributed by atoms with Gasteiger partial charge in [-0.1, -0.05) is 18.5 Å². The van der Waals surface area contributed by atoms with Gasteiger partial charge in [0.2, 0.25) is 5.91 Å². The van der Waals surface area contributed by atoms with Crippen molar-refractivity contribution in [2.45, 2.75) is 45.1 Å². The summed E-state index contributed by atoms with van der Waals surface area (Å²) in [6.07, 6.45) is 4.63. The number of carbonyl (C=O) groups excluding carboxylic acids is 1. The number of oxime groups is 1. The van der Waals surface area contributed by atoms with Gasteiger partial charge in [0.1, 0.15) is 5.41 Å². The summed E-state index contributed by atoms with van der Waals surface area (Å²) in [6.45, 7) is 4.94. The minimum absolute atomic E-state index is 0.0509. The molecule has 0 radical (unpaired) electrons. The summed E-state index contributed by atoms with van der Waals surface area (Å²) in [5.74, 6) is -0.0352. The average molecular weight is 268 g/mol. The molecule has 1 aliphatic heterocycles. The number of nitrogens with zero attached hydrogens (tertiary/aromatic N) is 2. The highest BCUT2D eigenvalue weighted by Gasteiger charge is 2.48. The standard InChI is InChI=1S/C13H24N4O2/c1-2-17-8-3-5-10(17)9-15-12(18)13(6-4-7-13)11(14)16-19/h10,19H,2-9H2,1H3,(H2,14,16)(H,15,18). The first-order chi connectivity index (χ1) is 9.14. The molecule has 19 heavy (non-hydrogen) atoms. The van der Waals surface area contributed by atoms with E-state index >= 15 is 0 Å². The molecule has 2 fully saturated rings. The van der Waals surface area contributed by atoms with Crippen LogP contribution in [-0.4, -0.2) is 47.5 Å². The Balaban J connectivity index is 1.90. The van der Waals surface area contributed by atoms with Gasteiger partial charge in [0.25, 0.3) is 0 Å². The van der Waals surface area contributed by atoms with Crippen molar-refractivity contribution in [1.29, 1.82) is 0 Å². The summed E-state index contributed by atoms with van der Waals surface area (Å²) in [5, 5.41) is 14.9. The summed E-state index contributed by atoms with van der Waals surface area (Å²) in [6, 6.07) is 0.429. The number of likely N-dealkylation sites (N-methyl/N-ethyl adjacent to an activating group) is 1. The van der Waals surface area contributed by atoms with Crippen molar-refractivity contribution in [1.82, 2.24) is 10.2 Å². The lowest BCUT2D eigenvalue weighted by atomic mass is 9.67. The van der Waals surface area contributed by atoms with Crippen molar-refractivity contribution in [3.05, 3.63) is 0 Å². The van der Waals surface area contributed by atoms with E-state index in [4.69, 9.17) is 10.9 Å². The third-order valence-corrected chi connectivity index (χ3v) is 4.64. The summed E-state index contributed by atoms with van der Waals surface area (Å²) in [5.41, 5.74) is 4.92. The van der Waals surface area contributed by atoms with E-state index in [9.17, 15) is 4.79 Å². The minimum atomic E-state index is -0.760. The second-order valence-corrected chi connectivity index (χ2v) is 5.56. The molecule has 4 N–H and O–H groups in total. The van der Waals surface area contributed by atoms with Gasteiger partial charge in [-0.3, -0.25) is 9.69 Å². The first-order valence-electron chi connectivity index (χ1n) is 7.14. The van der Waals surface area contributed by atoms with Crippen molar-refractivity contribution in [3.63, 3.8) is 0 Å². The van der Waals surface area contributed by atoms with Crippen LogP contribution in [0.2, 0.25) is 0 Å². The number of likely N-dealkylation sites (tertiary alicyclic amines) is 1. The van der Waals surface area contributed by atoms with Crippen molar-refractivity contribution < 1.29 is 10.0 Å². The van der Waals surface area contributed by atoms with Gasteiger partial charge in [-0.2, -0.15) is 0 Å². The molecule has 6 nitrogen and oxygen atoms in total. The molecule has 2 aliphatic rings. The van der Waals surface area contributed by atoms with E-state index in [0.717, 1.165) is 25.9 Å². The van der Waals surface area contributed by atoms with Crippen LogP contribution in [0.3, 0.4) is 0 Å². The molecule has 1 atom stereocenters. The molecule has 6 heteroatoms. The van der Waals surface area contributed by atoms with Crippen LogP contribution in [0.4, 0.5) is 0 Å². The Morgan fingerprint density at radius 3 is 2.79 bits per heavy atom. The summed E-state index contributed by atoms with van der Waals surface area (Å²) in [4.78, 5) is 14.7. The fraction of sp³-hybridized carbons (Fsp3) is 0.846. The number of hydrogen-bond donors (Lipinski definition) is 3. The van der Waals surface area contributed by atoms with Crippen molar-refractivity contribution >= 4 is 11.7 Å². The minimum Gasteiger partial charge on any atom is -0.409 e. The number of amides is 1. The molecule has 108 valence electrons. The van der Waals surface area contributed by atoms with Crippen molar-refractivity contribution in [3.8, 4) is 0 Å². The maximum atomic E-state index is 12.3. The van der Waals surface area contributed by atoms with E-state index in [0.29, 0.717) is 25.4 Å². The number of hydrogen-bond acceptors (Lipinski definition) is 4. The van der Waals surface area contributed by atoms with E-state index in [1.165, 1.54) is 6.42 Å². The maximum absolute atomic E-state index is 12.3. The summed E-state index contributed by atoms with van der Waals surface area (Å²) < 4.78 is 0. The number of nitrogens with one attached hydrogen (secondary N) is 1. The smallest absolute Gasteiger partial charge is 0.234 e. The Bertz CT molecular complexity index is 366. The zero-order valence-electron chi connectivity index (χ0n) is 11.6. The SMILES string of the molecule is CCN1CCCC1CNC(=O)C1(C(N)=NO)CCC1. The van der Waals surface area contributed by atoms with Gasteiger partial charge < -0.3 is 16.3 Å². The van der Waals surface area contributed by atoms with Gasteiger partial charge in [-0.15, -0.1) is 0 Å². The Hall–Kier alpha value is -1.30. The molecule has 1 amide bonds. The molecule has 0 spiro atoms. The fourth-order valence-corrected chi connectivity index (χ4v) is 3.15. The second-order valence-electron chi connectivity index (χ2n) is 5.56. The highest BCUT2D eigenvalue weighted by molar-refractivity contribution is 6.07. The lowest BCUT2D eigenvalue weighted by molar-refractivity contribution is -0.131. The molecule has 2 rings (SSSR count). The molecule has 0 aromatic heterocycles. The van der Waals surface area contributed by atoms with Gasteiger partial charge in [-0.25, -0.2) is 0 Å². The zero-order chi connectivity index (χ0) is 13.9. The second kappa shape index (κ2) is 5.77.